The molecule has 1 aliphatic heterocycles. The van der Waals surface area contributed by atoms with Gasteiger partial charge >= 0.3 is 0 Å². The second kappa shape index (κ2) is 12.1. The van der Waals surface area contributed by atoms with Crippen LogP contribution in [-0.2, 0) is 18.3 Å². The van der Waals surface area contributed by atoms with Crippen LogP contribution in [-0.4, -0.2) is 79.8 Å². The zero-order chi connectivity index (χ0) is 29.1. The SMILES string of the molecule is C=C(OC)c1n[nH]c2c1/C=C(\C)c1c(C)nn(C)c1OC(C)CN(C)Cc1c(c(OCC)nn1C(C)CO)/C=C/2. The summed E-state index contributed by atoms with van der Waals surface area (Å²) in [4.78, 5) is 2.18. The third-order valence-electron chi connectivity index (χ3n) is 6.97. The molecule has 0 radical (unpaired) electrons. The molecule has 0 saturated carbocycles. The van der Waals surface area contributed by atoms with Crippen molar-refractivity contribution in [3.05, 3.63) is 46.0 Å². The monoisotopic (exact) mass is 551 g/mol. The van der Waals surface area contributed by atoms with Crippen LogP contribution in [0.1, 0.15) is 73.2 Å². The average Bonchev–Trinajstić information content (AvgIpc) is 3.54. The van der Waals surface area contributed by atoms with E-state index in [0.29, 0.717) is 42.9 Å². The fraction of sp³-hybridized carbons (Fsp3) is 0.483. The number of allylic oxidation sites excluding steroid dienone is 1. The predicted molar refractivity (Wildman–Crippen MR) is 157 cm³/mol. The molecule has 0 fully saturated rings. The molecule has 3 aromatic heterocycles. The topological polar surface area (TPSA) is 115 Å². The highest BCUT2D eigenvalue weighted by molar-refractivity contribution is 5.89. The Labute approximate surface area is 235 Å². The van der Waals surface area contributed by atoms with Gasteiger partial charge in [0.1, 0.15) is 17.6 Å². The van der Waals surface area contributed by atoms with E-state index < -0.39 is 0 Å². The van der Waals surface area contributed by atoms with Crippen molar-refractivity contribution in [2.75, 3.05) is 33.9 Å². The van der Waals surface area contributed by atoms with Crippen molar-refractivity contribution < 1.29 is 19.3 Å². The molecule has 0 aromatic carbocycles. The highest BCUT2D eigenvalue weighted by Crippen LogP contribution is 2.34. The van der Waals surface area contributed by atoms with Crippen molar-refractivity contribution in [2.24, 2.45) is 7.05 Å². The van der Waals surface area contributed by atoms with Crippen molar-refractivity contribution in [1.82, 2.24) is 34.7 Å². The lowest BCUT2D eigenvalue weighted by Gasteiger charge is -2.24. The van der Waals surface area contributed by atoms with Gasteiger partial charge in [-0.25, -0.2) is 4.68 Å². The number of rotatable bonds is 6. The smallest absolute Gasteiger partial charge is 0.240 e. The maximum Gasteiger partial charge on any atom is 0.240 e. The number of hydrogen-bond donors (Lipinski definition) is 2. The fourth-order valence-corrected chi connectivity index (χ4v) is 5.08. The minimum absolute atomic E-state index is 0.0491. The first kappa shape index (κ1) is 29.2. The molecule has 0 amide bonds. The van der Waals surface area contributed by atoms with Crippen molar-refractivity contribution in [3.8, 4) is 11.8 Å². The molecule has 4 rings (SSSR count). The molecule has 11 heteroatoms. The van der Waals surface area contributed by atoms with E-state index in [1.54, 1.807) is 11.8 Å². The highest BCUT2D eigenvalue weighted by atomic mass is 16.5. The Morgan fingerprint density at radius 1 is 1.25 bits per heavy atom. The zero-order valence-corrected chi connectivity index (χ0v) is 24.8. The number of methoxy groups -OCH3 is 1. The molecule has 0 aliphatic carbocycles. The summed E-state index contributed by atoms with van der Waals surface area (Å²) in [5.41, 5.74) is 6.75. The van der Waals surface area contributed by atoms with Gasteiger partial charge in [-0.1, -0.05) is 6.58 Å². The molecule has 11 nitrogen and oxygen atoms in total. The first-order valence-corrected chi connectivity index (χ1v) is 13.5. The van der Waals surface area contributed by atoms with Gasteiger partial charge in [0.05, 0.1) is 54.6 Å². The van der Waals surface area contributed by atoms with Gasteiger partial charge in [0, 0.05) is 25.7 Å². The maximum absolute atomic E-state index is 10.00. The van der Waals surface area contributed by atoms with Gasteiger partial charge in [-0.3, -0.25) is 14.7 Å². The summed E-state index contributed by atoms with van der Waals surface area (Å²) in [6.07, 6.45) is 5.87. The Morgan fingerprint density at radius 3 is 2.67 bits per heavy atom. The summed E-state index contributed by atoms with van der Waals surface area (Å²) >= 11 is 0. The lowest BCUT2D eigenvalue weighted by atomic mass is 10.0. The van der Waals surface area contributed by atoms with E-state index in [-0.39, 0.29) is 18.8 Å². The normalized spacial score (nSPS) is 19.1. The van der Waals surface area contributed by atoms with Crippen molar-refractivity contribution in [3.63, 3.8) is 0 Å². The predicted octanol–water partition coefficient (Wildman–Crippen LogP) is 4.16. The molecule has 2 atom stereocenters. The summed E-state index contributed by atoms with van der Waals surface area (Å²) in [5, 5.41) is 27.1. The number of aryl methyl sites for hydroxylation is 2. The quantitative estimate of drug-likeness (QED) is 0.439. The van der Waals surface area contributed by atoms with Gasteiger partial charge in [0.15, 0.2) is 0 Å². The molecule has 2 N–H and O–H groups in total. The summed E-state index contributed by atoms with van der Waals surface area (Å²) in [7, 11) is 5.52. The number of aliphatic hydroxyl groups is 1. The van der Waals surface area contributed by atoms with Crippen LogP contribution in [0.15, 0.2) is 6.58 Å². The van der Waals surface area contributed by atoms with Crippen molar-refractivity contribution in [1.29, 1.82) is 0 Å². The van der Waals surface area contributed by atoms with E-state index >= 15 is 0 Å². The zero-order valence-electron chi connectivity index (χ0n) is 24.8. The Hall–Kier alpha value is -3.83. The van der Waals surface area contributed by atoms with E-state index in [9.17, 15) is 5.11 Å². The third-order valence-corrected chi connectivity index (χ3v) is 6.97. The minimum atomic E-state index is -0.231. The number of hydrogen-bond acceptors (Lipinski definition) is 8. The van der Waals surface area contributed by atoms with Crippen molar-refractivity contribution in [2.45, 2.75) is 53.3 Å². The number of nitrogens with one attached hydrogen (secondary N) is 1. The summed E-state index contributed by atoms with van der Waals surface area (Å²) in [6, 6.07) is -0.231. The van der Waals surface area contributed by atoms with E-state index in [1.165, 1.54) is 0 Å². The molecule has 40 heavy (non-hydrogen) atoms. The molecular formula is C29H41N7O4. The van der Waals surface area contributed by atoms with Gasteiger partial charge in [-0.2, -0.15) is 10.2 Å². The van der Waals surface area contributed by atoms with Crippen LogP contribution in [0.2, 0.25) is 0 Å². The van der Waals surface area contributed by atoms with Crippen LogP contribution in [0, 0.1) is 6.92 Å². The van der Waals surface area contributed by atoms with Gasteiger partial charge in [0.25, 0.3) is 0 Å². The molecule has 0 spiro atoms. The third kappa shape index (κ3) is 5.71. The molecule has 3 aromatic rings. The molecule has 216 valence electrons. The number of aromatic nitrogens is 6. The van der Waals surface area contributed by atoms with Crippen LogP contribution in [0.3, 0.4) is 0 Å². The summed E-state index contributed by atoms with van der Waals surface area (Å²) < 4.78 is 21.6. The summed E-state index contributed by atoms with van der Waals surface area (Å²) in [5.74, 6) is 1.66. The molecular weight excluding hydrogens is 510 g/mol. The second-order valence-corrected chi connectivity index (χ2v) is 10.3. The summed E-state index contributed by atoms with van der Waals surface area (Å²) in [6.45, 7) is 15.6. The number of aromatic amines is 1. The Morgan fingerprint density at radius 2 is 2.00 bits per heavy atom. The van der Waals surface area contributed by atoms with Crippen molar-refractivity contribution >= 4 is 29.6 Å². The maximum atomic E-state index is 10.00. The van der Waals surface area contributed by atoms with E-state index in [4.69, 9.17) is 19.3 Å². The van der Waals surface area contributed by atoms with E-state index in [0.717, 1.165) is 39.3 Å². The lowest BCUT2D eigenvalue weighted by Crippen LogP contribution is -2.32. The number of likely N-dealkylation sites (N-methyl/N-ethyl adjacent to an activating group) is 1. The standard InChI is InChI=1S/C29H41N7O4/c1-10-39-28-22-11-12-24-23(27(31-30-24)21(6)38-9)13-17(2)26-20(5)32-35(8)29(26)40-19(4)14-34(7)15-25(22)36(33-28)18(3)16-37/h11-13,18-19,37H,6,10,14-16H2,1-5,7-9H3,(H,30,31)/b12-11+,17-13+. The Kier molecular flexibility index (Phi) is 8.85. The molecule has 1 aliphatic rings. The van der Waals surface area contributed by atoms with Gasteiger partial charge in [-0.05, 0) is 65.5 Å². The van der Waals surface area contributed by atoms with Gasteiger partial charge in [-0.15, -0.1) is 5.10 Å². The minimum Gasteiger partial charge on any atom is -0.495 e. The Bertz CT molecular complexity index is 1430. The number of fused-ring (bicyclic) bond motifs is 3. The van der Waals surface area contributed by atoms with E-state index in [2.05, 4.69) is 39.8 Å². The number of aliphatic hydroxyl groups excluding tert-OH is 1. The van der Waals surface area contributed by atoms with Crippen LogP contribution < -0.4 is 9.47 Å². The molecule has 0 saturated heterocycles. The molecule has 2 unspecified atom stereocenters. The second-order valence-electron chi connectivity index (χ2n) is 10.3. The fourth-order valence-electron chi connectivity index (χ4n) is 5.08. The largest absolute Gasteiger partial charge is 0.495 e. The number of H-pyrrole nitrogens is 1. The van der Waals surface area contributed by atoms with Gasteiger partial charge in [0.2, 0.25) is 11.8 Å². The van der Waals surface area contributed by atoms with Gasteiger partial charge < -0.3 is 19.3 Å². The Balaban J connectivity index is 1.97. The average molecular weight is 552 g/mol. The number of ether oxygens (including phenoxy) is 3. The lowest BCUT2D eigenvalue weighted by molar-refractivity contribution is 0.144. The van der Waals surface area contributed by atoms with Crippen LogP contribution in [0.4, 0.5) is 0 Å². The van der Waals surface area contributed by atoms with Crippen LogP contribution in [0.25, 0.3) is 29.6 Å². The van der Waals surface area contributed by atoms with Crippen LogP contribution >= 0.6 is 0 Å². The van der Waals surface area contributed by atoms with E-state index in [1.807, 2.05) is 58.6 Å². The first-order valence-electron chi connectivity index (χ1n) is 13.5. The molecule has 0 bridgehead atoms. The first-order chi connectivity index (χ1) is 19.1. The van der Waals surface area contributed by atoms with Crippen LogP contribution in [0.5, 0.6) is 11.8 Å². The number of nitrogens with zero attached hydrogens (tertiary/aromatic N) is 6. The molecule has 4 heterocycles. The highest BCUT2D eigenvalue weighted by Gasteiger charge is 2.25.